The summed E-state index contributed by atoms with van der Waals surface area (Å²) in [5.41, 5.74) is 8.17. The first kappa shape index (κ1) is 16.1. The highest BCUT2D eigenvalue weighted by atomic mass is 79.9. The average Bonchev–Trinajstić information content (AvgIpc) is 3.11. The molecule has 0 aliphatic rings. The molecule has 0 saturated heterocycles. The van der Waals surface area contributed by atoms with Gasteiger partial charge in [0.1, 0.15) is 0 Å². The molecule has 3 rings (SSSR count). The maximum Gasteiger partial charge on any atom is 0.0830 e. The molecule has 4 heteroatoms. The van der Waals surface area contributed by atoms with Gasteiger partial charge in [-0.25, -0.2) is 0 Å². The van der Waals surface area contributed by atoms with Gasteiger partial charge in [-0.2, -0.15) is 0 Å². The molecule has 0 aliphatic heterocycles. The quantitative estimate of drug-likeness (QED) is 0.610. The fourth-order valence-electron chi connectivity index (χ4n) is 3.40. The normalized spacial score (nSPS) is 12.6. The summed E-state index contributed by atoms with van der Waals surface area (Å²) < 4.78 is 0.967. The van der Waals surface area contributed by atoms with Crippen molar-refractivity contribution in [3.63, 3.8) is 0 Å². The Bertz CT molecular complexity index is 809. The lowest BCUT2D eigenvalue weighted by Crippen LogP contribution is -2.09. The number of aliphatic hydroxyl groups excluding tert-OH is 1. The van der Waals surface area contributed by atoms with Gasteiger partial charge in [-0.3, -0.25) is 0 Å². The number of hydrogen-bond donors (Lipinski definition) is 3. The molecule has 2 heterocycles. The van der Waals surface area contributed by atoms with Crippen molar-refractivity contribution in [2.75, 3.05) is 0 Å². The third kappa shape index (κ3) is 3.14. The van der Waals surface area contributed by atoms with Crippen LogP contribution < -0.4 is 0 Å². The second-order valence-electron chi connectivity index (χ2n) is 6.10. The number of hydrogen-bond acceptors (Lipinski definition) is 1. The Kier molecular flexibility index (Phi) is 4.46. The van der Waals surface area contributed by atoms with Crippen molar-refractivity contribution < 1.29 is 5.11 Å². The van der Waals surface area contributed by atoms with Crippen molar-refractivity contribution in [1.82, 2.24) is 9.97 Å². The summed E-state index contributed by atoms with van der Waals surface area (Å²) in [4.78, 5) is 6.76. The summed E-state index contributed by atoms with van der Waals surface area (Å²) in [7, 11) is 0. The van der Waals surface area contributed by atoms with Gasteiger partial charge >= 0.3 is 0 Å². The minimum absolute atomic E-state index is 0.0208. The first-order chi connectivity index (χ1) is 11.0. The highest BCUT2D eigenvalue weighted by molar-refractivity contribution is 9.10. The van der Waals surface area contributed by atoms with Gasteiger partial charge in [0.05, 0.1) is 17.1 Å². The van der Waals surface area contributed by atoms with Crippen LogP contribution in [0.25, 0.3) is 0 Å². The Morgan fingerprint density at radius 1 is 0.957 bits per heavy atom. The van der Waals surface area contributed by atoms with E-state index < -0.39 is 0 Å². The minimum Gasteiger partial charge on any atom is -0.390 e. The summed E-state index contributed by atoms with van der Waals surface area (Å²) in [6.07, 6.45) is 0. The van der Waals surface area contributed by atoms with Crippen molar-refractivity contribution in [3.8, 4) is 0 Å². The van der Waals surface area contributed by atoms with E-state index in [-0.39, 0.29) is 12.5 Å². The number of aromatic nitrogens is 2. The molecule has 0 fully saturated rings. The van der Waals surface area contributed by atoms with Gasteiger partial charge in [-0.05, 0) is 77.7 Å². The van der Waals surface area contributed by atoms with Gasteiger partial charge in [0, 0.05) is 17.1 Å². The molecule has 0 radical (unpaired) electrons. The molecule has 0 spiro atoms. The molecule has 120 valence electrons. The van der Waals surface area contributed by atoms with E-state index in [0.717, 1.165) is 21.7 Å². The molecule has 3 N–H and O–H groups in total. The Morgan fingerprint density at radius 3 is 2.09 bits per heavy atom. The van der Waals surface area contributed by atoms with Crippen molar-refractivity contribution in [2.24, 2.45) is 0 Å². The fraction of sp³-hybridized carbons (Fsp3) is 0.263. The SMILES string of the molecule is Cc1cc(C)c(C(c2ccc(Br)[nH]2)c2ccc(CO)[nH]2)c(C)c1. The van der Waals surface area contributed by atoms with E-state index in [1.807, 2.05) is 12.1 Å². The van der Waals surface area contributed by atoms with Crippen molar-refractivity contribution in [2.45, 2.75) is 33.3 Å². The highest BCUT2D eigenvalue weighted by Gasteiger charge is 2.23. The zero-order chi connectivity index (χ0) is 16.6. The maximum absolute atomic E-state index is 9.38. The minimum atomic E-state index is 0.0208. The predicted molar refractivity (Wildman–Crippen MR) is 96.8 cm³/mol. The van der Waals surface area contributed by atoms with E-state index in [9.17, 15) is 5.11 Å². The van der Waals surface area contributed by atoms with Crippen LogP contribution in [0.5, 0.6) is 0 Å². The van der Waals surface area contributed by atoms with Crippen LogP contribution in [0.1, 0.15) is 45.3 Å². The number of aryl methyl sites for hydroxylation is 3. The monoisotopic (exact) mass is 372 g/mol. The van der Waals surface area contributed by atoms with Gasteiger partial charge in [0.15, 0.2) is 0 Å². The summed E-state index contributed by atoms with van der Waals surface area (Å²) in [5.74, 6) is 0.0854. The van der Waals surface area contributed by atoms with Crippen molar-refractivity contribution >= 4 is 15.9 Å². The van der Waals surface area contributed by atoms with Crippen LogP contribution in [-0.2, 0) is 6.61 Å². The molecular weight excluding hydrogens is 352 g/mol. The third-order valence-electron chi connectivity index (χ3n) is 4.26. The first-order valence-electron chi connectivity index (χ1n) is 7.70. The largest absolute Gasteiger partial charge is 0.390 e. The average molecular weight is 373 g/mol. The first-order valence-corrected chi connectivity index (χ1v) is 8.49. The molecule has 0 amide bonds. The van der Waals surface area contributed by atoms with E-state index in [1.165, 1.54) is 22.3 Å². The van der Waals surface area contributed by atoms with Gasteiger partial charge in [-0.15, -0.1) is 0 Å². The van der Waals surface area contributed by atoms with E-state index in [4.69, 9.17) is 0 Å². The van der Waals surface area contributed by atoms with Gasteiger partial charge < -0.3 is 15.1 Å². The Balaban J connectivity index is 2.20. The van der Waals surface area contributed by atoms with E-state index in [2.05, 4.69) is 70.9 Å². The zero-order valence-corrected chi connectivity index (χ0v) is 15.2. The number of benzene rings is 1. The Morgan fingerprint density at radius 2 is 1.57 bits per heavy atom. The molecule has 1 aromatic carbocycles. The lowest BCUT2D eigenvalue weighted by atomic mass is 9.85. The molecule has 0 aliphatic carbocycles. The molecule has 2 aromatic heterocycles. The molecule has 0 saturated carbocycles. The Hall–Kier alpha value is -1.78. The summed E-state index contributed by atoms with van der Waals surface area (Å²) in [6, 6.07) is 12.6. The molecule has 0 bridgehead atoms. The highest BCUT2D eigenvalue weighted by Crippen LogP contribution is 2.36. The third-order valence-corrected chi connectivity index (χ3v) is 4.72. The fourth-order valence-corrected chi connectivity index (χ4v) is 3.76. The van der Waals surface area contributed by atoms with Crippen LogP contribution in [0.2, 0.25) is 0 Å². The molecular formula is C19H21BrN2O. The van der Waals surface area contributed by atoms with Crippen molar-refractivity contribution in [1.29, 1.82) is 0 Å². The van der Waals surface area contributed by atoms with Crippen LogP contribution in [0.15, 0.2) is 41.0 Å². The van der Waals surface area contributed by atoms with E-state index >= 15 is 0 Å². The van der Waals surface area contributed by atoms with Gasteiger partial charge in [0.2, 0.25) is 0 Å². The number of aliphatic hydroxyl groups is 1. The molecule has 3 aromatic rings. The molecule has 23 heavy (non-hydrogen) atoms. The topological polar surface area (TPSA) is 51.8 Å². The van der Waals surface area contributed by atoms with E-state index in [1.54, 1.807) is 0 Å². The van der Waals surface area contributed by atoms with E-state index in [0.29, 0.717) is 0 Å². The number of H-pyrrole nitrogens is 2. The van der Waals surface area contributed by atoms with Crippen molar-refractivity contribution in [3.05, 3.63) is 80.3 Å². The van der Waals surface area contributed by atoms with Crippen LogP contribution in [0.3, 0.4) is 0 Å². The smallest absolute Gasteiger partial charge is 0.0830 e. The van der Waals surface area contributed by atoms with Crippen LogP contribution in [-0.4, -0.2) is 15.1 Å². The number of nitrogens with one attached hydrogen (secondary N) is 2. The lowest BCUT2D eigenvalue weighted by molar-refractivity contribution is 0.277. The number of rotatable bonds is 4. The number of halogens is 1. The second kappa shape index (κ2) is 6.38. The number of aromatic amines is 2. The van der Waals surface area contributed by atoms with Crippen LogP contribution >= 0.6 is 15.9 Å². The zero-order valence-electron chi connectivity index (χ0n) is 13.6. The second-order valence-corrected chi connectivity index (χ2v) is 6.96. The predicted octanol–water partition coefficient (Wildman–Crippen LogP) is 4.70. The Labute approximate surface area is 144 Å². The summed E-state index contributed by atoms with van der Waals surface area (Å²) >= 11 is 3.51. The van der Waals surface area contributed by atoms with Gasteiger partial charge in [-0.1, -0.05) is 17.7 Å². The van der Waals surface area contributed by atoms with Gasteiger partial charge in [0.25, 0.3) is 0 Å². The summed E-state index contributed by atoms with van der Waals surface area (Å²) in [6.45, 7) is 6.47. The molecule has 3 nitrogen and oxygen atoms in total. The molecule has 1 unspecified atom stereocenters. The standard InChI is InChI=1S/C19H21BrN2O/c1-11-8-12(2)18(13(3)9-11)19(16-6-7-17(20)22-16)15-5-4-14(10-23)21-15/h4-9,19,21-23H,10H2,1-3H3. The van der Waals surface area contributed by atoms with Crippen LogP contribution in [0.4, 0.5) is 0 Å². The molecule has 1 atom stereocenters. The summed E-state index contributed by atoms with van der Waals surface area (Å²) in [5, 5.41) is 9.38. The maximum atomic E-state index is 9.38. The van der Waals surface area contributed by atoms with Crippen LogP contribution in [0, 0.1) is 20.8 Å². The lowest BCUT2D eigenvalue weighted by Gasteiger charge is -2.21.